The van der Waals surface area contributed by atoms with Crippen LogP contribution in [0.25, 0.3) is 0 Å². The van der Waals surface area contributed by atoms with Crippen LogP contribution in [0.4, 0.5) is 0 Å². The lowest BCUT2D eigenvalue weighted by atomic mass is 9.92. The number of benzene rings is 1. The lowest BCUT2D eigenvalue weighted by molar-refractivity contribution is -0.161. The molecule has 1 heterocycles. The van der Waals surface area contributed by atoms with Crippen LogP contribution in [-0.2, 0) is 9.63 Å². The molecule has 0 aromatic heterocycles. The Labute approximate surface area is 109 Å². The Kier molecular flexibility index (Phi) is 3.28. The second kappa shape index (κ2) is 4.59. The molecule has 5 nitrogen and oxygen atoms in total. The standard InChI is InChI=1S/C12H13ClN2O3/c1-7-2-3-8(13)4-9(7)10-5-12(6-14,11(16)17)18-15-10/h2-4H,5-6,14H2,1H3,(H,16,17). The molecule has 6 heteroatoms. The molecule has 0 aliphatic carbocycles. The smallest absolute Gasteiger partial charge is 0.352 e. The predicted octanol–water partition coefficient (Wildman–Crippen LogP) is 1.55. The lowest BCUT2D eigenvalue weighted by Crippen LogP contribution is -2.46. The molecule has 0 fully saturated rings. The molecule has 96 valence electrons. The summed E-state index contributed by atoms with van der Waals surface area (Å²) in [6.45, 7) is 1.77. The Hall–Kier alpha value is -1.59. The number of nitrogens with zero attached hydrogens (tertiary/aromatic N) is 1. The van der Waals surface area contributed by atoms with E-state index in [9.17, 15) is 4.79 Å². The number of rotatable bonds is 3. The maximum Gasteiger partial charge on any atom is 0.352 e. The third kappa shape index (κ3) is 2.07. The summed E-state index contributed by atoms with van der Waals surface area (Å²) in [4.78, 5) is 16.2. The Balaban J connectivity index is 2.33. The monoisotopic (exact) mass is 268 g/mol. The molecular formula is C12H13ClN2O3. The minimum absolute atomic E-state index is 0.130. The van der Waals surface area contributed by atoms with Crippen LogP contribution in [0.15, 0.2) is 23.4 Å². The van der Waals surface area contributed by atoms with Gasteiger partial charge in [-0.05, 0) is 24.6 Å². The Morgan fingerprint density at radius 2 is 2.39 bits per heavy atom. The van der Waals surface area contributed by atoms with Gasteiger partial charge in [0.05, 0.1) is 5.71 Å². The molecule has 1 aromatic carbocycles. The average Bonchev–Trinajstić information content (AvgIpc) is 2.78. The SMILES string of the molecule is Cc1ccc(Cl)cc1C1=NOC(CN)(C(=O)O)C1. The summed E-state index contributed by atoms with van der Waals surface area (Å²) in [5.41, 5.74) is 6.33. The van der Waals surface area contributed by atoms with Crippen molar-refractivity contribution < 1.29 is 14.7 Å². The number of carboxylic acids is 1. The molecule has 1 aliphatic rings. The van der Waals surface area contributed by atoms with E-state index in [0.29, 0.717) is 10.7 Å². The lowest BCUT2D eigenvalue weighted by Gasteiger charge is -2.18. The largest absolute Gasteiger partial charge is 0.478 e. The van der Waals surface area contributed by atoms with Crippen LogP contribution in [-0.4, -0.2) is 28.9 Å². The minimum Gasteiger partial charge on any atom is -0.478 e. The quantitative estimate of drug-likeness (QED) is 0.871. The number of aryl methyl sites for hydroxylation is 1. The number of oxime groups is 1. The zero-order chi connectivity index (χ0) is 13.3. The highest BCUT2D eigenvalue weighted by Gasteiger charge is 2.46. The van der Waals surface area contributed by atoms with Crippen LogP contribution in [0, 0.1) is 6.92 Å². The highest BCUT2D eigenvalue weighted by atomic mass is 35.5. The van der Waals surface area contributed by atoms with Gasteiger partial charge in [-0.1, -0.05) is 22.8 Å². The van der Waals surface area contributed by atoms with Gasteiger partial charge >= 0.3 is 5.97 Å². The molecule has 0 radical (unpaired) electrons. The van der Waals surface area contributed by atoms with Crippen LogP contribution in [0.1, 0.15) is 17.5 Å². The van der Waals surface area contributed by atoms with Gasteiger partial charge < -0.3 is 15.7 Å². The molecular weight excluding hydrogens is 256 g/mol. The first kappa shape index (κ1) is 12.9. The van der Waals surface area contributed by atoms with E-state index in [1.54, 1.807) is 12.1 Å². The minimum atomic E-state index is -1.45. The number of aliphatic carboxylic acids is 1. The number of hydrogen-bond donors (Lipinski definition) is 2. The Morgan fingerprint density at radius 3 is 2.94 bits per heavy atom. The van der Waals surface area contributed by atoms with Gasteiger partial charge in [0.2, 0.25) is 0 Å². The van der Waals surface area contributed by atoms with Gasteiger partial charge in [0.1, 0.15) is 0 Å². The number of carbonyl (C=O) groups is 1. The zero-order valence-electron chi connectivity index (χ0n) is 9.81. The summed E-state index contributed by atoms with van der Waals surface area (Å²) < 4.78 is 0. The van der Waals surface area contributed by atoms with E-state index in [2.05, 4.69) is 5.16 Å². The van der Waals surface area contributed by atoms with Gasteiger partial charge in [-0.2, -0.15) is 0 Å². The number of hydrogen-bond acceptors (Lipinski definition) is 4. The normalized spacial score (nSPS) is 22.5. The first-order valence-electron chi connectivity index (χ1n) is 5.43. The van der Waals surface area contributed by atoms with E-state index in [-0.39, 0.29) is 13.0 Å². The first-order chi connectivity index (χ1) is 8.48. The first-order valence-corrected chi connectivity index (χ1v) is 5.81. The summed E-state index contributed by atoms with van der Waals surface area (Å²) in [7, 11) is 0. The van der Waals surface area contributed by atoms with E-state index < -0.39 is 11.6 Å². The number of nitrogens with two attached hydrogens (primary N) is 1. The number of carboxylic acid groups (broad SMARTS) is 1. The van der Waals surface area contributed by atoms with Crippen molar-refractivity contribution in [3.05, 3.63) is 34.3 Å². The van der Waals surface area contributed by atoms with E-state index >= 15 is 0 Å². The zero-order valence-corrected chi connectivity index (χ0v) is 10.6. The Morgan fingerprint density at radius 1 is 1.67 bits per heavy atom. The fraction of sp³-hybridized carbons (Fsp3) is 0.333. The summed E-state index contributed by atoms with van der Waals surface area (Å²) >= 11 is 5.93. The predicted molar refractivity (Wildman–Crippen MR) is 67.8 cm³/mol. The molecule has 1 atom stereocenters. The summed E-state index contributed by atoms with van der Waals surface area (Å²) in [5, 5.41) is 13.6. The van der Waals surface area contributed by atoms with E-state index in [1.807, 2.05) is 13.0 Å². The van der Waals surface area contributed by atoms with Gasteiger partial charge in [0.15, 0.2) is 0 Å². The third-order valence-corrected chi connectivity index (χ3v) is 3.25. The molecule has 1 unspecified atom stereocenters. The van der Waals surface area contributed by atoms with Crippen molar-refractivity contribution in [2.75, 3.05) is 6.54 Å². The van der Waals surface area contributed by atoms with Crippen LogP contribution < -0.4 is 5.73 Å². The molecule has 18 heavy (non-hydrogen) atoms. The van der Waals surface area contributed by atoms with Crippen LogP contribution >= 0.6 is 11.6 Å². The van der Waals surface area contributed by atoms with Crippen LogP contribution in [0.5, 0.6) is 0 Å². The van der Waals surface area contributed by atoms with E-state index in [4.69, 9.17) is 27.3 Å². The van der Waals surface area contributed by atoms with Gasteiger partial charge in [0.25, 0.3) is 5.60 Å². The molecule has 0 bridgehead atoms. The fourth-order valence-electron chi connectivity index (χ4n) is 1.84. The number of halogens is 1. The molecule has 1 aliphatic heterocycles. The van der Waals surface area contributed by atoms with Crippen molar-refractivity contribution in [1.29, 1.82) is 0 Å². The molecule has 2 rings (SSSR count). The Bertz CT molecular complexity index is 530. The van der Waals surface area contributed by atoms with Gasteiger partial charge in [-0.15, -0.1) is 0 Å². The maximum atomic E-state index is 11.2. The van der Waals surface area contributed by atoms with Gasteiger partial charge in [-0.3, -0.25) is 0 Å². The molecule has 0 amide bonds. The van der Waals surface area contributed by atoms with Crippen molar-refractivity contribution in [3.63, 3.8) is 0 Å². The second-order valence-electron chi connectivity index (χ2n) is 4.27. The van der Waals surface area contributed by atoms with E-state index in [1.165, 1.54) is 0 Å². The van der Waals surface area contributed by atoms with Crippen LogP contribution in [0.3, 0.4) is 0 Å². The van der Waals surface area contributed by atoms with Gasteiger partial charge in [-0.25, -0.2) is 4.79 Å². The second-order valence-corrected chi connectivity index (χ2v) is 4.71. The maximum absolute atomic E-state index is 11.2. The fourth-order valence-corrected chi connectivity index (χ4v) is 2.01. The van der Waals surface area contributed by atoms with Crippen molar-refractivity contribution in [3.8, 4) is 0 Å². The van der Waals surface area contributed by atoms with Crippen molar-refractivity contribution in [2.45, 2.75) is 18.9 Å². The highest BCUT2D eigenvalue weighted by molar-refractivity contribution is 6.31. The van der Waals surface area contributed by atoms with Crippen LogP contribution in [0.2, 0.25) is 5.02 Å². The third-order valence-electron chi connectivity index (χ3n) is 3.01. The summed E-state index contributed by atoms with van der Waals surface area (Å²) in [6.07, 6.45) is 0.139. The van der Waals surface area contributed by atoms with Crippen molar-refractivity contribution in [2.24, 2.45) is 10.9 Å². The average molecular weight is 269 g/mol. The topological polar surface area (TPSA) is 84.9 Å². The summed E-state index contributed by atoms with van der Waals surface area (Å²) in [6, 6.07) is 5.36. The molecule has 1 aromatic rings. The van der Waals surface area contributed by atoms with Gasteiger partial charge in [0, 0.05) is 23.6 Å². The summed E-state index contributed by atoms with van der Waals surface area (Å²) in [5.74, 6) is -1.11. The molecule has 3 N–H and O–H groups in total. The van der Waals surface area contributed by atoms with E-state index in [0.717, 1.165) is 11.1 Å². The molecule has 0 saturated heterocycles. The highest BCUT2D eigenvalue weighted by Crippen LogP contribution is 2.28. The van der Waals surface area contributed by atoms with Crippen molar-refractivity contribution >= 4 is 23.3 Å². The molecule has 0 spiro atoms. The molecule has 0 saturated carbocycles. The van der Waals surface area contributed by atoms with Crippen molar-refractivity contribution in [1.82, 2.24) is 0 Å².